The number of aliphatic hydroxyl groups is 1. The molecule has 4 atom stereocenters. The number of hydrogen-bond acceptors (Lipinski definition) is 7. The number of hydrogen-bond donors (Lipinski definition) is 3. The number of aliphatic hydroxyl groups excluding tert-OH is 1. The maximum atomic E-state index is 14.2. The van der Waals surface area contributed by atoms with Crippen LogP contribution in [0, 0.1) is 0 Å². The largest absolute Gasteiger partial charge is 0.408 e. The minimum Gasteiger partial charge on any atom is -0.391 e. The fourth-order valence-electron chi connectivity index (χ4n) is 4.51. The van der Waals surface area contributed by atoms with Crippen molar-refractivity contribution >= 4 is 29.0 Å². The maximum Gasteiger partial charge on any atom is 0.408 e. The Kier molecular flexibility index (Phi) is 8.21. The van der Waals surface area contributed by atoms with Gasteiger partial charge in [-0.05, 0) is 45.1 Å². The second-order valence-corrected chi connectivity index (χ2v) is 10.5. The number of halogens is 5. The van der Waals surface area contributed by atoms with Crippen LogP contribution in [0.15, 0.2) is 12.3 Å². The number of pyridine rings is 1. The van der Waals surface area contributed by atoms with E-state index in [9.17, 15) is 36.6 Å². The van der Waals surface area contributed by atoms with Crippen LogP contribution in [-0.4, -0.2) is 68.7 Å². The van der Waals surface area contributed by atoms with Gasteiger partial charge in [0.05, 0.1) is 17.0 Å². The van der Waals surface area contributed by atoms with E-state index in [4.69, 9.17) is 0 Å². The van der Waals surface area contributed by atoms with Crippen molar-refractivity contribution in [3.8, 4) is 10.4 Å². The summed E-state index contributed by atoms with van der Waals surface area (Å²) in [5.74, 6) is -1.58. The first-order chi connectivity index (χ1) is 17.9. The molecule has 2 aliphatic rings. The monoisotopic (exact) mass is 561 g/mol. The van der Waals surface area contributed by atoms with Gasteiger partial charge in [0.2, 0.25) is 0 Å². The second-order valence-electron chi connectivity index (χ2n) is 9.52. The number of aromatic nitrogens is 2. The van der Waals surface area contributed by atoms with E-state index in [0.717, 1.165) is 36.4 Å². The van der Waals surface area contributed by atoms with Crippen molar-refractivity contribution in [3.63, 3.8) is 0 Å². The lowest BCUT2D eigenvalue weighted by Gasteiger charge is -2.32. The quantitative estimate of drug-likeness (QED) is 0.401. The van der Waals surface area contributed by atoms with Crippen molar-refractivity contribution in [3.05, 3.63) is 28.5 Å². The Morgan fingerprint density at radius 1 is 1.26 bits per heavy atom. The molecule has 0 spiro atoms. The Labute approximate surface area is 219 Å². The van der Waals surface area contributed by atoms with Crippen LogP contribution in [0.5, 0.6) is 0 Å². The molecule has 2 aromatic heterocycles. The molecule has 1 saturated heterocycles. The number of carbonyl (C=O) groups is 2. The number of nitrogens with one attached hydrogen (secondary N) is 2. The molecule has 38 heavy (non-hydrogen) atoms. The normalized spacial score (nSPS) is 22.3. The molecule has 3 heterocycles. The summed E-state index contributed by atoms with van der Waals surface area (Å²) in [5, 5.41) is 14.4. The molecule has 1 saturated carbocycles. The number of anilines is 1. The smallest absolute Gasteiger partial charge is 0.391 e. The number of nitrogens with zero attached hydrogens (tertiary/aromatic N) is 3. The van der Waals surface area contributed by atoms with Crippen LogP contribution in [0.1, 0.15) is 78.2 Å². The van der Waals surface area contributed by atoms with Crippen LogP contribution in [0.3, 0.4) is 0 Å². The van der Waals surface area contributed by atoms with Gasteiger partial charge in [-0.25, -0.2) is 18.7 Å². The molecule has 2 fully saturated rings. The van der Waals surface area contributed by atoms with Crippen molar-refractivity contribution in [2.24, 2.45) is 0 Å². The molecule has 0 radical (unpaired) electrons. The van der Waals surface area contributed by atoms with Gasteiger partial charge in [-0.1, -0.05) is 6.92 Å². The van der Waals surface area contributed by atoms with Crippen LogP contribution in [0.2, 0.25) is 0 Å². The summed E-state index contributed by atoms with van der Waals surface area (Å²) in [4.78, 5) is 35.9. The third kappa shape index (κ3) is 5.75. The van der Waals surface area contributed by atoms with Gasteiger partial charge in [-0.3, -0.25) is 9.59 Å². The summed E-state index contributed by atoms with van der Waals surface area (Å²) < 4.78 is 68.0. The van der Waals surface area contributed by atoms with E-state index >= 15 is 0 Å². The van der Waals surface area contributed by atoms with E-state index in [-0.39, 0.29) is 33.6 Å². The van der Waals surface area contributed by atoms with Gasteiger partial charge in [-0.2, -0.15) is 13.2 Å². The van der Waals surface area contributed by atoms with E-state index in [1.54, 1.807) is 4.90 Å². The van der Waals surface area contributed by atoms with Gasteiger partial charge < -0.3 is 20.6 Å². The number of likely N-dealkylation sites (tertiary alicyclic amines) is 1. The minimum absolute atomic E-state index is 0.0226. The van der Waals surface area contributed by atoms with E-state index in [1.165, 1.54) is 6.92 Å². The Morgan fingerprint density at radius 3 is 2.53 bits per heavy atom. The van der Waals surface area contributed by atoms with Crippen LogP contribution in [0.4, 0.5) is 27.8 Å². The molecule has 0 bridgehead atoms. The zero-order valence-electron chi connectivity index (χ0n) is 20.7. The number of thiazole rings is 1. The lowest BCUT2D eigenvalue weighted by atomic mass is 9.89. The first-order valence-corrected chi connectivity index (χ1v) is 13.1. The molecule has 208 valence electrons. The first kappa shape index (κ1) is 28.1. The van der Waals surface area contributed by atoms with Gasteiger partial charge in [-0.15, -0.1) is 11.3 Å². The van der Waals surface area contributed by atoms with Gasteiger partial charge >= 0.3 is 6.18 Å². The molecule has 1 aliphatic carbocycles. The molecule has 3 N–H and O–H groups in total. The van der Waals surface area contributed by atoms with Crippen LogP contribution >= 0.6 is 11.3 Å². The maximum absolute atomic E-state index is 14.2. The van der Waals surface area contributed by atoms with Crippen molar-refractivity contribution in [1.29, 1.82) is 0 Å². The molecular weight excluding hydrogens is 533 g/mol. The Morgan fingerprint density at radius 2 is 2.00 bits per heavy atom. The molecule has 8 nitrogen and oxygen atoms in total. The van der Waals surface area contributed by atoms with Crippen molar-refractivity contribution in [2.45, 2.75) is 82.8 Å². The lowest BCUT2D eigenvalue weighted by molar-refractivity contribution is -0.142. The summed E-state index contributed by atoms with van der Waals surface area (Å²) in [6.45, 7) is 3.59. The Hall–Kier alpha value is -2.87. The number of alkyl halides is 5. The van der Waals surface area contributed by atoms with Crippen molar-refractivity contribution in [2.75, 3.05) is 11.9 Å². The predicted octanol–water partition coefficient (Wildman–Crippen LogP) is 4.77. The molecule has 2 aromatic rings. The second kappa shape index (κ2) is 11.1. The van der Waals surface area contributed by atoms with Gasteiger partial charge in [0.25, 0.3) is 18.2 Å². The third-order valence-corrected chi connectivity index (χ3v) is 8.02. The fraction of sp³-hybridized carbons (Fsp3) is 0.583. The summed E-state index contributed by atoms with van der Waals surface area (Å²) >= 11 is 0.721. The highest BCUT2D eigenvalue weighted by molar-refractivity contribution is 7.17. The van der Waals surface area contributed by atoms with E-state index in [2.05, 4.69) is 20.6 Å². The van der Waals surface area contributed by atoms with Gasteiger partial charge in [0, 0.05) is 29.9 Å². The molecule has 1 aliphatic heterocycles. The topological polar surface area (TPSA) is 107 Å². The Balaban J connectivity index is 1.74. The van der Waals surface area contributed by atoms with E-state index in [1.807, 2.05) is 6.92 Å². The number of carbonyl (C=O) groups excluding carboxylic acids is 2. The standard InChI is InChI=1S/C24H28F5N5O3S/c1-3-16(24(27,28)29)32-17-9-12(20(25)26)13(10-30-17)19-18(23(37)34-8-4-5-11(34)2)33-22(38-19)21(36)31-14-6-7-15(14)35/h9-11,14-16,20,35H,3-8H2,1-2H3,(H,30,32)(H,31,36)/t11?,14-,15+,16?/m1/s1. The first-order valence-electron chi connectivity index (χ1n) is 12.3. The van der Waals surface area contributed by atoms with E-state index < -0.39 is 54.0 Å². The molecular formula is C24H28F5N5O3S. The zero-order chi connectivity index (χ0) is 27.8. The Bertz CT molecular complexity index is 1190. The third-order valence-electron chi connectivity index (χ3n) is 6.93. The molecule has 2 amide bonds. The predicted molar refractivity (Wildman–Crippen MR) is 130 cm³/mol. The lowest BCUT2D eigenvalue weighted by Crippen LogP contribution is -2.50. The van der Waals surface area contributed by atoms with Crippen molar-refractivity contribution < 1.29 is 36.6 Å². The zero-order valence-corrected chi connectivity index (χ0v) is 21.5. The summed E-state index contributed by atoms with van der Waals surface area (Å²) in [7, 11) is 0. The molecule has 14 heteroatoms. The SMILES string of the molecule is CCC(Nc1cc(C(F)F)c(-c2sc(C(=O)N[C@@H]3CC[C@@H]3O)nc2C(=O)N2CCCC2C)cn1)C(F)(F)F. The van der Waals surface area contributed by atoms with Crippen LogP contribution in [0.25, 0.3) is 10.4 Å². The average Bonchev–Trinajstić information content (AvgIpc) is 3.50. The van der Waals surface area contributed by atoms with Crippen molar-refractivity contribution in [1.82, 2.24) is 20.2 Å². The molecule has 2 unspecified atom stereocenters. The van der Waals surface area contributed by atoms with Gasteiger partial charge in [0.15, 0.2) is 5.01 Å². The van der Waals surface area contributed by atoms with E-state index in [0.29, 0.717) is 19.4 Å². The summed E-state index contributed by atoms with van der Waals surface area (Å²) in [6.07, 6.45) is -5.20. The van der Waals surface area contributed by atoms with Gasteiger partial charge in [0.1, 0.15) is 17.6 Å². The highest BCUT2D eigenvalue weighted by atomic mass is 32.1. The van der Waals surface area contributed by atoms with Crippen LogP contribution < -0.4 is 10.6 Å². The molecule has 4 rings (SSSR count). The molecule has 0 aromatic carbocycles. The number of rotatable bonds is 8. The fourth-order valence-corrected chi connectivity index (χ4v) is 5.50. The summed E-state index contributed by atoms with van der Waals surface area (Å²) in [6, 6.07) is -1.75. The summed E-state index contributed by atoms with van der Waals surface area (Å²) in [5.41, 5.74) is -1.04. The average molecular weight is 562 g/mol. The van der Waals surface area contributed by atoms with Crippen LogP contribution in [-0.2, 0) is 0 Å². The highest BCUT2D eigenvalue weighted by Crippen LogP contribution is 2.39. The number of amides is 2. The highest BCUT2D eigenvalue weighted by Gasteiger charge is 2.39. The minimum atomic E-state index is -4.61.